The van der Waals surface area contributed by atoms with Gasteiger partial charge in [0.1, 0.15) is 18.1 Å². The molecule has 2 saturated heterocycles. The molecule has 4 amide bonds. The fraction of sp³-hybridized carbons (Fsp3) is 0.783. The molecule has 0 unspecified atom stereocenters. The smallest absolute Gasteiger partial charge is 0.464 e. The molecule has 39 heavy (non-hydrogen) atoms. The van der Waals surface area contributed by atoms with Crippen molar-refractivity contribution in [3.05, 3.63) is 0 Å². The summed E-state index contributed by atoms with van der Waals surface area (Å²) in [6.45, 7) is 1.26. The molecule has 0 spiro atoms. The summed E-state index contributed by atoms with van der Waals surface area (Å²) in [7, 11) is 0. The lowest BCUT2D eigenvalue weighted by atomic mass is 10.1. The van der Waals surface area contributed by atoms with Crippen molar-refractivity contribution in [2.24, 2.45) is 0 Å². The third-order valence-corrected chi connectivity index (χ3v) is 6.43. The summed E-state index contributed by atoms with van der Waals surface area (Å²) in [4.78, 5) is 61.8. The van der Waals surface area contributed by atoms with Gasteiger partial charge in [-0.05, 0) is 44.9 Å². The maximum Gasteiger partial charge on any atom is 0.471 e. The van der Waals surface area contributed by atoms with E-state index >= 15 is 0 Å². The Kier molecular flexibility index (Phi) is 11.4. The highest BCUT2D eigenvalue weighted by Crippen LogP contribution is 2.27. The number of carbonyl (C=O) groups excluding carboxylic acids is 5. The van der Waals surface area contributed by atoms with Crippen LogP contribution in [0.3, 0.4) is 0 Å². The molecule has 2 aliphatic rings. The largest absolute Gasteiger partial charge is 0.471 e. The zero-order valence-electron chi connectivity index (χ0n) is 21.3. The number of rotatable bonds is 11. The molecular weight excluding hydrogens is 542 g/mol. The number of halogens is 6. The fourth-order valence-corrected chi connectivity index (χ4v) is 4.46. The normalized spacial score (nSPS) is 20.5. The molecule has 0 aromatic rings. The topological polar surface area (TPSA) is 125 Å². The number of unbranched alkanes of at least 4 members (excludes halogenated alkanes) is 1. The van der Waals surface area contributed by atoms with Crippen LogP contribution in [0.2, 0.25) is 0 Å². The van der Waals surface area contributed by atoms with Crippen LogP contribution < -0.4 is 10.6 Å². The molecule has 10 nitrogen and oxygen atoms in total. The Morgan fingerprint density at radius 2 is 1.36 bits per heavy atom. The van der Waals surface area contributed by atoms with Crippen molar-refractivity contribution in [2.45, 2.75) is 88.8 Å². The van der Waals surface area contributed by atoms with E-state index in [9.17, 15) is 50.3 Å². The summed E-state index contributed by atoms with van der Waals surface area (Å²) >= 11 is 0. The summed E-state index contributed by atoms with van der Waals surface area (Å²) in [5.41, 5.74) is 0. The van der Waals surface area contributed by atoms with Crippen molar-refractivity contribution in [1.29, 1.82) is 0 Å². The second-order valence-electron chi connectivity index (χ2n) is 9.32. The maximum atomic E-state index is 12.9. The van der Waals surface area contributed by atoms with E-state index in [1.54, 1.807) is 0 Å². The molecule has 16 heteroatoms. The van der Waals surface area contributed by atoms with E-state index in [1.165, 1.54) is 0 Å². The summed E-state index contributed by atoms with van der Waals surface area (Å²) in [6, 6.07) is -4.03. The van der Waals surface area contributed by atoms with Crippen LogP contribution in [0.5, 0.6) is 0 Å². The van der Waals surface area contributed by atoms with Gasteiger partial charge in [0, 0.05) is 19.6 Å². The number of amides is 4. The molecule has 222 valence electrons. The number of esters is 1. The van der Waals surface area contributed by atoms with Crippen LogP contribution in [0.25, 0.3) is 0 Å². The average Bonchev–Trinajstić information content (AvgIpc) is 3.53. The molecule has 0 aromatic heterocycles. The number of hydrogen-bond acceptors (Lipinski definition) is 6. The van der Waals surface area contributed by atoms with Gasteiger partial charge in [0.15, 0.2) is 0 Å². The first-order valence-corrected chi connectivity index (χ1v) is 12.7. The van der Waals surface area contributed by atoms with Crippen LogP contribution >= 0.6 is 0 Å². The van der Waals surface area contributed by atoms with Gasteiger partial charge >= 0.3 is 30.1 Å². The Hall–Kier alpha value is -3.07. The van der Waals surface area contributed by atoms with Gasteiger partial charge in [0.25, 0.3) is 0 Å². The van der Waals surface area contributed by atoms with E-state index in [-0.39, 0.29) is 64.8 Å². The lowest BCUT2D eigenvalue weighted by Gasteiger charge is -2.27. The predicted octanol–water partition coefficient (Wildman–Crippen LogP) is 1.82. The second kappa shape index (κ2) is 13.8. The Bertz CT molecular complexity index is 913. The van der Waals surface area contributed by atoms with Gasteiger partial charge in [-0.2, -0.15) is 26.3 Å². The molecule has 0 saturated carbocycles. The zero-order valence-corrected chi connectivity index (χ0v) is 21.3. The van der Waals surface area contributed by atoms with E-state index in [0.717, 1.165) is 0 Å². The third kappa shape index (κ3) is 8.98. The summed E-state index contributed by atoms with van der Waals surface area (Å²) in [6.07, 6.45) is -8.76. The Morgan fingerprint density at radius 1 is 0.846 bits per heavy atom. The van der Waals surface area contributed by atoms with Crippen molar-refractivity contribution in [1.82, 2.24) is 20.4 Å². The number of hydrogen-bond donors (Lipinski definition) is 2. The summed E-state index contributed by atoms with van der Waals surface area (Å²) in [5, 5.41) is 4.75. The highest BCUT2D eigenvalue weighted by atomic mass is 19.4. The molecule has 2 N–H and O–H groups in total. The molecule has 3 atom stereocenters. The Balaban J connectivity index is 1.97. The molecule has 2 heterocycles. The number of ether oxygens (including phenoxy) is 1. The van der Waals surface area contributed by atoms with Gasteiger partial charge in [-0.25, -0.2) is 4.79 Å². The van der Waals surface area contributed by atoms with Crippen LogP contribution in [0, 0.1) is 0 Å². The number of likely N-dealkylation sites (tertiary alicyclic amines) is 2. The molecule has 0 aliphatic carbocycles. The molecule has 0 bridgehead atoms. The minimum Gasteiger partial charge on any atom is -0.464 e. The minimum atomic E-state index is -5.17. The lowest BCUT2D eigenvalue weighted by molar-refractivity contribution is -0.186. The van der Waals surface area contributed by atoms with Crippen LogP contribution in [-0.4, -0.2) is 96.1 Å². The maximum absolute atomic E-state index is 12.9. The monoisotopic (exact) mass is 574 g/mol. The lowest BCUT2D eigenvalue weighted by Crippen LogP contribution is -2.53. The fourth-order valence-electron chi connectivity index (χ4n) is 4.46. The van der Waals surface area contributed by atoms with Gasteiger partial charge in [-0.15, -0.1) is 0 Å². The average molecular weight is 575 g/mol. The Labute approximate surface area is 220 Å². The molecule has 0 radical (unpaired) electrons. The van der Waals surface area contributed by atoms with E-state index < -0.39 is 60.1 Å². The van der Waals surface area contributed by atoms with E-state index in [0.29, 0.717) is 22.6 Å². The number of nitrogens with zero attached hydrogens (tertiary/aromatic N) is 2. The summed E-state index contributed by atoms with van der Waals surface area (Å²) in [5.74, 6) is -6.88. The number of carbonyl (C=O) groups is 5. The third-order valence-electron chi connectivity index (χ3n) is 6.43. The van der Waals surface area contributed by atoms with Crippen LogP contribution in [-0.2, 0) is 28.7 Å². The van der Waals surface area contributed by atoms with Crippen LogP contribution in [0.1, 0.15) is 58.3 Å². The van der Waals surface area contributed by atoms with Gasteiger partial charge in [0.2, 0.25) is 11.8 Å². The first-order chi connectivity index (χ1) is 18.2. The Morgan fingerprint density at radius 3 is 1.85 bits per heavy atom. The highest BCUT2D eigenvalue weighted by molar-refractivity contribution is 5.93. The van der Waals surface area contributed by atoms with Crippen LogP contribution in [0.4, 0.5) is 26.3 Å². The molecule has 0 aromatic carbocycles. The van der Waals surface area contributed by atoms with E-state index in [4.69, 9.17) is 4.74 Å². The van der Waals surface area contributed by atoms with Gasteiger partial charge < -0.3 is 25.2 Å². The SMILES string of the molecule is CCCCOC(=O)[C@H](CCCNC(=O)[C@@H]1CCCN1C(=O)C(F)(F)F)NC(=O)[C@@H]1CCCN1C(=O)C(F)(F)F. The first kappa shape index (κ1) is 32.1. The van der Waals surface area contributed by atoms with Crippen molar-refractivity contribution in [3.63, 3.8) is 0 Å². The predicted molar refractivity (Wildman–Crippen MR) is 122 cm³/mol. The molecular formula is C23H32F6N4O6. The van der Waals surface area contributed by atoms with Crippen molar-refractivity contribution >= 4 is 29.6 Å². The van der Waals surface area contributed by atoms with Crippen molar-refractivity contribution < 1.29 is 55.1 Å². The van der Waals surface area contributed by atoms with Crippen molar-refractivity contribution in [2.75, 3.05) is 26.2 Å². The molecule has 2 rings (SSSR count). The minimum absolute atomic E-state index is 0.0319. The van der Waals surface area contributed by atoms with E-state index in [2.05, 4.69) is 10.6 Å². The number of nitrogens with one attached hydrogen (secondary N) is 2. The van der Waals surface area contributed by atoms with E-state index in [1.807, 2.05) is 6.92 Å². The van der Waals surface area contributed by atoms with Crippen LogP contribution in [0.15, 0.2) is 0 Å². The second-order valence-corrected chi connectivity index (χ2v) is 9.32. The standard InChI is InChI=1S/C23H32F6N4O6/c1-2-3-13-39-19(36)14(31-18(35)16-9-6-12-33(16)21(38)23(27,28)29)7-4-10-30-17(34)15-8-5-11-32(15)20(37)22(24,25)26/h14-16H,2-13H2,1H3,(H,30,34)(H,31,35)/t14-,15-,16-/m0/s1. The molecule has 2 aliphatic heterocycles. The quantitative estimate of drug-likeness (QED) is 0.220. The highest BCUT2D eigenvalue weighted by Gasteiger charge is 2.49. The van der Waals surface area contributed by atoms with Gasteiger partial charge in [-0.1, -0.05) is 13.3 Å². The van der Waals surface area contributed by atoms with Gasteiger partial charge in [0.05, 0.1) is 6.61 Å². The summed E-state index contributed by atoms with van der Waals surface area (Å²) < 4.78 is 82.2. The molecule has 2 fully saturated rings. The zero-order chi connectivity index (χ0) is 29.4. The van der Waals surface area contributed by atoms with Crippen molar-refractivity contribution in [3.8, 4) is 0 Å². The first-order valence-electron chi connectivity index (χ1n) is 12.7. The van der Waals surface area contributed by atoms with Gasteiger partial charge in [-0.3, -0.25) is 19.2 Å². The number of alkyl halides is 6.